The summed E-state index contributed by atoms with van der Waals surface area (Å²) >= 11 is 0. The van der Waals surface area contributed by atoms with E-state index in [0.717, 1.165) is 22.7 Å². The molecule has 0 radical (unpaired) electrons. The predicted molar refractivity (Wildman–Crippen MR) is 312 cm³/mol. The molecule has 72 heavy (non-hydrogen) atoms. The van der Waals surface area contributed by atoms with E-state index in [1.807, 2.05) is 0 Å². The second-order valence-corrected chi connectivity index (χ2v) is 28.5. The van der Waals surface area contributed by atoms with Crippen LogP contribution >= 0.6 is 0 Å². The molecule has 0 heterocycles. The van der Waals surface area contributed by atoms with E-state index in [1.165, 1.54) is 99.3 Å². The second-order valence-electron chi connectivity index (χ2n) is 23.5. The highest BCUT2D eigenvalue weighted by Crippen LogP contribution is 2.66. The molecule has 10 aromatic carbocycles. The van der Waals surface area contributed by atoms with Crippen molar-refractivity contribution in [2.45, 2.75) is 84.4 Å². The summed E-state index contributed by atoms with van der Waals surface area (Å²) in [5.41, 5.74) is 21.1. The van der Waals surface area contributed by atoms with Gasteiger partial charge in [0.1, 0.15) is 0 Å². The molecular formula is C69H64N2Si. The summed E-state index contributed by atoms with van der Waals surface area (Å²) < 4.78 is 0. The average Bonchev–Trinajstić information content (AvgIpc) is 3.84. The lowest BCUT2D eigenvalue weighted by molar-refractivity contribution is 0.589. The molecule has 12 rings (SSSR count). The largest absolute Gasteiger partial charge is 0.311 e. The number of hydrogen-bond acceptors (Lipinski definition) is 2. The molecule has 0 N–H and O–H groups in total. The molecule has 2 aliphatic rings. The van der Waals surface area contributed by atoms with Gasteiger partial charge in [-0.1, -0.05) is 207 Å². The van der Waals surface area contributed by atoms with Crippen LogP contribution in [0.15, 0.2) is 206 Å². The summed E-state index contributed by atoms with van der Waals surface area (Å²) in [7, 11) is -1.75. The van der Waals surface area contributed by atoms with E-state index in [0.29, 0.717) is 0 Å². The monoisotopic (exact) mass is 948 g/mol. The minimum absolute atomic E-state index is 0.0231. The molecule has 0 aromatic heterocycles. The van der Waals surface area contributed by atoms with Crippen LogP contribution < -0.4 is 15.0 Å². The zero-order valence-electron chi connectivity index (χ0n) is 43.5. The summed E-state index contributed by atoms with van der Waals surface area (Å²) in [6, 6.07) is 78.7. The first-order chi connectivity index (χ1) is 34.5. The van der Waals surface area contributed by atoms with Crippen molar-refractivity contribution in [3.8, 4) is 22.3 Å². The van der Waals surface area contributed by atoms with Crippen LogP contribution in [0.1, 0.15) is 80.5 Å². The van der Waals surface area contributed by atoms with Crippen molar-refractivity contribution in [1.82, 2.24) is 0 Å². The molecule has 0 saturated heterocycles. The lowest BCUT2D eigenvalue weighted by atomic mass is 9.68. The van der Waals surface area contributed by atoms with Gasteiger partial charge in [-0.05, 0) is 166 Å². The summed E-state index contributed by atoms with van der Waals surface area (Å²) in [4.78, 5) is 4.91. The highest BCUT2D eigenvalue weighted by Gasteiger charge is 2.54. The van der Waals surface area contributed by atoms with Crippen LogP contribution in [0.25, 0.3) is 43.8 Å². The van der Waals surface area contributed by atoms with Gasteiger partial charge in [0.15, 0.2) is 0 Å². The van der Waals surface area contributed by atoms with Crippen LogP contribution in [0.2, 0.25) is 19.6 Å². The van der Waals surface area contributed by atoms with Crippen LogP contribution in [0.3, 0.4) is 0 Å². The van der Waals surface area contributed by atoms with E-state index in [2.05, 4.69) is 284 Å². The van der Waals surface area contributed by atoms with Crippen LogP contribution in [0.4, 0.5) is 34.1 Å². The molecule has 0 unspecified atom stereocenters. The standard InChI is InChI=1S/C69H64N2Si/c1-45-21-17-18-26-62(45)70(50-22-13-11-14-23-50)52-33-37-54-46(41-52)29-35-56-57-36-30-47-42-53(71(51-24-15-12-16-25-51)63-27-19-20-28-64(63)72(8,9)10)34-38-55(47)66(57)69(65(54)56)60-39-31-48(67(2,3)4)43-58(60)59-44-49(68(5,6)7)32-40-61(59)69/h11-44H,1-10H3. The minimum atomic E-state index is -1.75. The van der Waals surface area contributed by atoms with Gasteiger partial charge in [0.25, 0.3) is 0 Å². The van der Waals surface area contributed by atoms with Crippen molar-refractivity contribution in [3.05, 3.63) is 245 Å². The molecule has 0 aliphatic heterocycles. The third-order valence-electron chi connectivity index (χ3n) is 15.8. The zero-order valence-corrected chi connectivity index (χ0v) is 44.5. The van der Waals surface area contributed by atoms with Gasteiger partial charge in [-0.15, -0.1) is 0 Å². The Kier molecular flexibility index (Phi) is 10.5. The Morgan fingerprint density at radius 1 is 0.375 bits per heavy atom. The van der Waals surface area contributed by atoms with E-state index in [-0.39, 0.29) is 10.8 Å². The maximum atomic E-state index is 2.53. The fraction of sp³-hybridized carbons (Fsp3) is 0.188. The van der Waals surface area contributed by atoms with E-state index in [1.54, 1.807) is 0 Å². The van der Waals surface area contributed by atoms with Crippen LogP contribution in [0, 0.1) is 6.92 Å². The Bertz CT molecular complexity index is 3710. The normalized spacial score (nSPS) is 13.5. The second kappa shape index (κ2) is 16.5. The van der Waals surface area contributed by atoms with Gasteiger partial charge in [-0.3, -0.25) is 0 Å². The van der Waals surface area contributed by atoms with Crippen molar-refractivity contribution in [2.75, 3.05) is 9.80 Å². The number of anilines is 6. The van der Waals surface area contributed by atoms with E-state index in [4.69, 9.17) is 0 Å². The Morgan fingerprint density at radius 2 is 0.806 bits per heavy atom. The van der Waals surface area contributed by atoms with Gasteiger partial charge < -0.3 is 9.80 Å². The maximum Gasteiger partial charge on any atom is 0.0803 e. The Balaban J connectivity index is 1.16. The number of nitrogens with zero attached hydrogens (tertiary/aromatic N) is 2. The Labute approximate surface area is 428 Å². The van der Waals surface area contributed by atoms with Crippen molar-refractivity contribution in [1.29, 1.82) is 0 Å². The fourth-order valence-corrected chi connectivity index (χ4v) is 13.8. The fourth-order valence-electron chi connectivity index (χ4n) is 12.2. The zero-order chi connectivity index (χ0) is 49.9. The predicted octanol–water partition coefficient (Wildman–Crippen LogP) is 18.7. The SMILES string of the molecule is Cc1ccccc1N(c1ccccc1)c1ccc2c3c(ccc2c1)-c1ccc2cc(N(c4ccccc4)c4ccccc4[Si](C)(C)C)ccc2c1C31c2ccc(C(C)(C)C)cc2-c2cc(C(C)(C)C)ccc21. The number of para-hydroxylation sites is 4. The van der Waals surface area contributed by atoms with Gasteiger partial charge in [-0.25, -0.2) is 0 Å². The third kappa shape index (κ3) is 7.11. The molecular weight excluding hydrogens is 885 g/mol. The first-order valence-corrected chi connectivity index (χ1v) is 29.3. The molecule has 0 amide bonds. The van der Waals surface area contributed by atoms with E-state index in [9.17, 15) is 0 Å². The first kappa shape index (κ1) is 45.7. The summed E-state index contributed by atoms with van der Waals surface area (Å²) in [5.74, 6) is 0. The number of hydrogen-bond donors (Lipinski definition) is 0. The number of aryl methyl sites for hydroxylation is 1. The van der Waals surface area contributed by atoms with Gasteiger partial charge >= 0.3 is 0 Å². The molecule has 10 aromatic rings. The average molecular weight is 949 g/mol. The Morgan fingerprint density at radius 3 is 1.26 bits per heavy atom. The highest BCUT2D eigenvalue weighted by molar-refractivity contribution is 6.89. The van der Waals surface area contributed by atoms with Crippen molar-refractivity contribution in [3.63, 3.8) is 0 Å². The van der Waals surface area contributed by atoms with Gasteiger partial charge in [0.05, 0.1) is 13.5 Å². The van der Waals surface area contributed by atoms with E-state index < -0.39 is 13.5 Å². The number of benzene rings is 10. The smallest absolute Gasteiger partial charge is 0.0803 e. The molecule has 0 saturated carbocycles. The lowest BCUT2D eigenvalue weighted by Crippen LogP contribution is -2.40. The Hall–Kier alpha value is -7.46. The summed E-state index contributed by atoms with van der Waals surface area (Å²) in [5, 5.41) is 6.48. The van der Waals surface area contributed by atoms with Gasteiger partial charge in [-0.2, -0.15) is 0 Å². The molecule has 0 bridgehead atoms. The van der Waals surface area contributed by atoms with Crippen LogP contribution in [-0.2, 0) is 16.2 Å². The quantitative estimate of drug-likeness (QED) is 0.147. The maximum absolute atomic E-state index is 2.53. The minimum Gasteiger partial charge on any atom is -0.311 e. The van der Waals surface area contributed by atoms with Crippen molar-refractivity contribution < 1.29 is 0 Å². The molecule has 2 nitrogen and oxygen atoms in total. The van der Waals surface area contributed by atoms with Crippen LogP contribution in [0.5, 0.6) is 0 Å². The third-order valence-corrected chi connectivity index (χ3v) is 17.8. The summed E-state index contributed by atoms with van der Waals surface area (Å²) in [6.45, 7) is 23.7. The van der Waals surface area contributed by atoms with Gasteiger partial charge in [0, 0.05) is 34.1 Å². The number of fused-ring (bicyclic) bond motifs is 14. The lowest BCUT2D eigenvalue weighted by Gasteiger charge is -2.34. The highest BCUT2D eigenvalue weighted by atomic mass is 28.3. The van der Waals surface area contributed by atoms with E-state index >= 15 is 0 Å². The summed E-state index contributed by atoms with van der Waals surface area (Å²) in [6.07, 6.45) is 0. The number of rotatable bonds is 7. The molecule has 2 aliphatic carbocycles. The molecule has 354 valence electrons. The molecule has 1 spiro atoms. The molecule has 3 heteroatoms. The molecule has 0 atom stereocenters. The van der Waals surface area contributed by atoms with Gasteiger partial charge in [0.2, 0.25) is 0 Å². The van der Waals surface area contributed by atoms with Crippen molar-refractivity contribution in [2.24, 2.45) is 0 Å². The topological polar surface area (TPSA) is 6.48 Å². The molecule has 0 fully saturated rings. The van der Waals surface area contributed by atoms with Crippen LogP contribution in [-0.4, -0.2) is 8.07 Å². The first-order valence-electron chi connectivity index (χ1n) is 25.8. The van der Waals surface area contributed by atoms with Crippen molar-refractivity contribution >= 4 is 68.9 Å².